The van der Waals surface area contributed by atoms with Gasteiger partial charge in [0.25, 0.3) is 0 Å². The third kappa shape index (κ3) is 8.94. The van der Waals surface area contributed by atoms with E-state index in [0.717, 1.165) is 74.5 Å². The number of aryl methyl sites for hydroxylation is 1. The summed E-state index contributed by atoms with van der Waals surface area (Å²) in [6, 6.07) is 10.1. The van der Waals surface area contributed by atoms with E-state index in [0.29, 0.717) is 12.6 Å². The Morgan fingerprint density at radius 3 is 2.54 bits per heavy atom. The topological polar surface area (TPSA) is 74.2 Å². The van der Waals surface area contributed by atoms with Crippen molar-refractivity contribution in [1.82, 2.24) is 10.2 Å². The third-order valence-electron chi connectivity index (χ3n) is 6.51. The lowest BCUT2D eigenvalue weighted by Crippen LogP contribution is -2.41. The molecule has 1 aliphatic rings. The predicted octanol–water partition coefficient (Wildman–Crippen LogP) is 5.28. The molecule has 0 fully saturated rings. The average Bonchev–Trinajstić information content (AvgIpc) is 2.83. The van der Waals surface area contributed by atoms with Gasteiger partial charge in [-0.15, -0.1) is 24.8 Å². The van der Waals surface area contributed by atoms with Crippen LogP contribution in [0.3, 0.4) is 0 Å². The largest absolute Gasteiger partial charge is 0.504 e. The van der Waals surface area contributed by atoms with Gasteiger partial charge in [-0.1, -0.05) is 25.5 Å². The van der Waals surface area contributed by atoms with Crippen molar-refractivity contribution in [2.24, 2.45) is 0 Å². The molecule has 0 heterocycles. The lowest BCUT2D eigenvalue weighted by atomic mass is 9.86. The minimum absolute atomic E-state index is 0. The standard InChI is InChI=1S/C27H40N2O4.2ClH/c1-4-5-15-29(22-9-10-23-21(19-22)8-11-24(30)27(23)31)16-6-13-28-14-17-33-25-12-7-20(2)18-26(25)32-3;;/h7-8,11-12,18,22,28,30-31H,4-6,9-10,13-17,19H2,1-3H3;2*1H/t22-;;/m0../s1. The molecule has 8 heteroatoms. The second kappa shape index (κ2) is 16.0. The molecule has 35 heavy (non-hydrogen) atoms. The summed E-state index contributed by atoms with van der Waals surface area (Å²) < 4.78 is 11.3. The number of phenols is 2. The van der Waals surface area contributed by atoms with Crippen molar-refractivity contribution in [2.75, 3.05) is 39.9 Å². The van der Waals surface area contributed by atoms with Crippen LogP contribution in [-0.4, -0.2) is 61.1 Å². The number of hydrogen-bond acceptors (Lipinski definition) is 6. The first kappa shape index (κ1) is 31.2. The molecule has 0 radical (unpaired) electrons. The van der Waals surface area contributed by atoms with Crippen molar-refractivity contribution in [1.29, 1.82) is 0 Å². The maximum atomic E-state index is 10.2. The summed E-state index contributed by atoms with van der Waals surface area (Å²) in [6.07, 6.45) is 6.25. The second-order valence-electron chi connectivity index (χ2n) is 8.96. The van der Waals surface area contributed by atoms with Crippen molar-refractivity contribution in [3.05, 3.63) is 47.0 Å². The predicted molar refractivity (Wildman–Crippen MR) is 147 cm³/mol. The van der Waals surface area contributed by atoms with Gasteiger partial charge in [0, 0.05) is 18.2 Å². The summed E-state index contributed by atoms with van der Waals surface area (Å²) in [6.45, 7) is 8.80. The normalized spacial score (nSPS) is 14.6. The number of rotatable bonds is 13. The van der Waals surface area contributed by atoms with Gasteiger partial charge in [0.15, 0.2) is 23.0 Å². The highest BCUT2D eigenvalue weighted by Crippen LogP contribution is 2.36. The number of aromatic hydroxyl groups is 2. The molecule has 0 saturated carbocycles. The summed E-state index contributed by atoms with van der Waals surface area (Å²) in [5.41, 5.74) is 3.25. The molecule has 0 saturated heterocycles. The Kier molecular flexibility index (Phi) is 14.2. The van der Waals surface area contributed by atoms with Gasteiger partial charge in [-0.3, -0.25) is 4.90 Å². The van der Waals surface area contributed by atoms with Crippen LogP contribution in [0.4, 0.5) is 0 Å². The maximum absolute atomic E-state index is 10.2. The summed E-state index contributed by atoms with van der Waals surface area (Å²) in [7, 11) is 1.67. The maximum Gasteiger partial charge on any atom is 0.161 e. The van der Waals surface area contributed by atoms with Gasteiger partial charge >= 0.3 is 0 Å². The van der Waals surface area contributed by atoms with E-state index in [1.165, 1.54) is 18.4 Å². The van der Waals surface area contributed by atoms with Gasteiger partial charge < -0.3 is 25.0 Å². The van der Waals surface area contributed by atoms with E-state index in [9.17, 15) is 10.2 Å². The molecular formula is C27H42Cl2N2O4. The summed E-state index contributed by atoms with van der Waals surface area (Å²) in [5, 5.41) is 23.5. The van der Waals surface area contributed by atoms with Gasteiger partial charge in [-0.05, 0) is 88.0 Å². The van der Waals surface area contributed by atoms with Gasteiger partial charge in [-0.25, -0.2) is 0 Å². The van der Waals surface area contributed by atoms with Crippen LogP contribution in [-0.2, 0) is 12.8 Å². The van der Waals surface area contributed by atoms with E-state index in [1.54, 1.807) is 13.2 Å². The Hall–Kier alpha value is -1.86. The molecular weight excluding hydrogens is 487 g/mol. The molecule has 198 valence electrons. The average molecular weight is 530 g/mol. The van der Waals surface area contributed by atoms with Crippen LogP contribution in [0.5, 0.6) is 23.0 Å². The Morgan fingerprint density at radius 2 is 1.80 bits per heavy atom. The first-order valence-corrected chi connectivity index (χ1v) is 12.3. The summed E-state index contributed by atoms with van der Waals surface area (Å²) >= 11 is 0. The first-order valence-electron chi connectivity index (χ1n) is 12.3. The molecule has 3 rings (SSSR count). The third-order valence-corrected chi connectivity index (χ3v) is 6.51. The number of nitrogens with one attached hydrogen (secondary N) is 1. The van der Waals surface area contributed by atoms with Crippen LogP contribution < -0.4 is 14.8 Å². The zero-order valence-electron chi connectivity index (χ0n) is 21.2. The molecule has 0 spiro atoms. The van der Waals surface area contributed by atoms with Crippen LogP contribution >= 0.6 is 24.8 Å². The van der Waals surface area contributed by atoms with Crippen LogP contribution in [0, 0.1) is 6.92 Å². The van der Waals surface area contributed by atoms with E-state index >= 15 is 0 Å². The van der Waals surface area contributed by atoms with E-state index < -0.39 is 0 Å². The monoisotopic (exact) mass is 528 g/mol. The van der Waals surface area contributed by atoms with Crippen molar-refractivity contribution in [3.63, 3.8) is 0 Å². The van der Waals surface area contributed by atoms with E-state index in [4.69, 9.17) is 9.47 Å². The van der Waals surface area contributed by atoms with E-state index in [-0.39, 0.29) is 36.3 Å². The highest BCUT2D eigenvalue weighted by Gasteiger charge is 2.26. The van der Waals surface area contributed by atoms with Crippen LogP contribution in [0.2, 0.25) is 0 Å². The smallest absolute Gasteiger partial charge is 0.161 e. The van der Waals surface area contributed by atoms with E-state index in [2.05, 4.69) is 17.1 Å². The van der Waals surface area contributed by atoms with Gasteiger partial charge in [0.2, 0.25) is 0 Å². The number of halogens is 2. The molecule has 2 aromatic carbocycles. The Bertz CT molecular complexity index is 898. The lowest BCUT2D eigenvalue weighted by molar-refractivity contribution is 0.173. The summed E-state index contributed by atoms with van der Waals surface area (Å²) in [4.78, 5) is 2.62. The van der Waals surface area contributed by atoms with Crippen LogP contribution in [0.15, 0.2) is 30.3 Å². The molecule has 1 aliphatic carbocycles. The number of unbranched alkanes of at least 4 members (excludes halogenated alkanes) is 1. The van der Waals surface area contributed by atoms with Gasteiger partial charge in [-0.2, -0.15) is 0 Å². The molecule has 0 unspecified atom stereocenters. The molecule has 3 N–H and O–H groups in total. The molecule has 0 aliphatic heterocycles. The molecule has 0 bridgehead atoms. The van der Waals surface area contributed by atoms with Crippen molar-refractivity contribution in [3.8, 4) is 23.0 Å². The molecule has 0 aromatic heterocycles. The lowest BCUT2D eigenvalue weighted by Gasteiger charge is -2.35. The molecule has 2 aromatic rings. The van der Waals surface area contributed by atoms with Gasteiger partial charge in [0.05, 0.1) is 7.11 Å². The second-order valence-corrected chi connectivity index (χ2v) is 8.96. The molecule has 6 nitrogen and oxygen atoms in total. The Morgan fingerprint density at radius 1 is 1.03 bits per heavy atom. The summed E-state index contributed by atoms with van der Waals surface area (Å²) in [5.74, 6) is 1.62. The zero-order chi connectivity index (χ0) is 23.6. The Balaban J connectivity index is 0.00000306. The number of nitrogens with zero attached hydrogens (tertiary/aromatic N) is 1. The fourth-order valence-electron chi connectivity index (χ4n) is 4.61. The number of fused-ring (bicyclic) bond motifs is 1. The molecule has 1 atom stereocenters. The highest BCUT2D eigenvalue weighted by atomic mass is 35.5. The number of methoxy groups -OCH3 is 1. The van der Waals surface area contributed by atoms with E-state index in [1.807, 2.05) is 31.2 Å². The zero-order valence-corrected chi connectivity index (χ0v) is 22.8. The van der Waals surface area contributed by atoms with Crippen molar-refractivity contribution >= 4 is 24.8 Å². The SMILES string of the molecule is CCCCN(CCCNCCOc1ccc(C)cc1OC)[C@H]1CCc2c(ccc(O)c2O)C1.Cl.Cl. The van der Waals surface area contributed by atoms with Crippen molar-refractivity contribution < 1.29 is 19.7 Å². The minimum Gasteiger partial charge on any atom is -0.504 e. The number of hydrogen-bond donors (Lipinski definition) is 3. The highest BCUT2D eigenvalue weighted by molar-refractivity contribution is 5.85. The quantitative estimate of drug-likeness (QED) is 0.242. The fraction of sp³-hybridized carbons (Fsp3) is 0.556. The number of phenolic OH excluding ortho intramolecular Hbond substituents is 2. The first-order chi connectivity index (χ1) is 16.0. The van der Waals surface area contributed by atoms with Gasteiger partial charge in [0.1, 0.15) is 6.61 Å². The molecule has 0 amide bonds. The number of ether oxygens (including phenoxy) is 2. The van der Waals surface area contributed by atoms with Crippen LogP contribution in [0.1, 0.15) is 49.3 Å². The van der Waals surface area contributed by atoms with Crippen molar-refractivity contribution in [2.45, 2.75) is 58.4 Å². The van der Waals surface area contributed by atoms with Crippen LogP contribution in [0.25, 0.3) is 0 Å². The Labute approximate surface area is 222 Å². The fourth-order valence-corrected chi connectivity index (χ4v) is 4.61. The minimum atomic E-state index is -0.00841. The number of benzene rings is 2.